The first-order chi connectivity index (χ1) is 6.86. The van der Waals surface area contributed by atoms with Crippen LogP contribution in [-0.4, -0.2) is 6.43 Å². The molecule has 0 spiro atoms. The zero-order valence-corrected chi connectivity index (χ0v) is 7.08. The Morgan fingerprint density at radius 2 is 1.33 bits per heavy atom. The van der Waals surface area contributed by atoms with E-state index in [0.717, 1.165) is 0 Å². The van der Waals surface area contributed by atoms with Crippen LogP contribution in [0.15, 0.2) is 6.07 Å². The molecule has 0 radical (unpaired) electrons. The molecule has 0 aliphatic rings. The predicted octanol–water partition coefficient (Wildman–Crippen LogP) is 2.51. The summed E-state index contributed by atoms with van der Waals surface area (Å²) in [6.45, 7) is 0. The van der Waals surface area contributed by atoms with Crippen LogP contribution in [0.25, 0.3) is 0 Å². The van der Waals surface area contributed by atoms with Gasteiger partial charge in [-0.3, -0.25) is 0 Å². The number of hydrogen-bond acceptors (Lipinski definition) is 1. The van der Waals surface area contributed by atoms with Crippen LogP contribution in [0.5, 0.6) is 0 Å². The molecular weight excluding hydrogens is 224 g/mol. The molecule has 0 saturated carbocycles. The van der Waals surface area contributed by atoms with Gasteiger partial charge in [0.25, 0.3) is 6.43 Å². The Balaban J connectivity index is 3.39. The molecular formula is C8H5F6N. The Bertz CT molecular complexity index is 352. The third-order valence-corrected chi connectivity index (χ3v) is 1.75. The standard InChI is InChI=1S/C8H5F6N/c9-2-1-3(10)6(12)4(5(2)11)7(15)8(13)14/h1,7-8H,15H2/t7-/m1/s1. The summed E-state index contributed by atoms with van der Waals surface area (Å²) in [6, 6.07) is -2.48. The molecule has 84 valence electrons. The van der Waals surface area contributed by atoms with Gasteiger partial charge in [0.2, 0.25) is 0 Å². The topological polar surface area (TPSA) is 26.0 Å². The largest absolute Gasteiger partial charge is 0.319 e. The lowest BCUT2D eigenvalue weighted by Gasteiger charge is -2.13. The van der Waals surface area contributed by atoms with E-state index in [1.807, 2.05) is 0 Å². The van der Waals surface area contributed by atoms with E-state index in [9.17, 15) is 26.3 Å². The zero-order valence-electron chi connectivity index (χ0n) is 7.08. The van der Waals surface area contributed by atoms with Crippen molar-refractivity contribution in [1.82, 2.24) is 0 Å². The van der Waals surface area contributed by atoms with Crippen molar-refractivity contribution in [1.29, 1.82) is 0 Å². The van der Waals surface area contributed by atoms with Crippen LogP contribution in [0.2, 0.25) is 0 Å². The van der Waals surface area contributed by atoms with Gasteiger partial charge in [-0.05, 0) is 0 Å². The smallest absolute Gasteiger partial charge is 0.257 e. The van der Waals surface area contributed by atoms with Gasteiger partial charge in [-0.2, -0.15) is 0 Å². The lowest BCUT2D eigenvalue weighted by atomic mass is 10.1. The van der Waals surface area contributed by atoms with E-state index in [1.165, 1.54) is 0 Å². The second-order valence-electron chi connectivity index (χ2n) is 2.74. The minimum absolute atomic E-state index is 0.0770. The molecule has 0 aromatic heterocycles. The van der Waals surface area contributed by atoms with E-state index < -0.39 is 41.3 Å². The summed E-state index contributed by atoms with van der Waals surface area (Å²) >= 11 is 0. The van der Waals surface area contributed by atoms with Crippen LogP contribution >= 0.6 is 0 Å². The SMILES string of the molecule is N[C@H](c1c(F)c(F)cc(F)c1F)C(F)F. The molecule has 0 unspecified atom stereocenters. The Morgan fingerprint density at radius 1 is 0.933 bits per heavy atom. The number of rotatable bonds is 2. The van der Waals surface area contributed by atoms with E-state index in [2.05, 4.69) is 0 Å². The monoisotopic (exact) mass is 229 g/mol. The Kier molecular flexibility index (Phi) is 3.23. The number of nitrogens with two attached hydrogens (primary N) is 1. The maximum Gasteiger partial charge on any atom is 0.257 e. The van der Waals surface area contributed by atoms with Gasteiger partial charge in [0.05, 0.1) is 11.6 Å². The molecule has 0 amide bonds. The van der Waals surface area contributed by atoms with Gasteiger partial charge in [-0.1, -0.05) is 0 Å². The van der Waals surface area contributed by atoms with E-state index in [0.29, 0.717) is 0 Å². The molecule has 0 heterocycles. The van der Waals surface area contributed by atoms with Gasteiger partial charge in [-0.25, -0.2) is 26.3 Å². The average Bonchev–Trinajstić information content (AvgIpc) is 2.15. The summed E-state index contributed by atoms with van der Waals surface area (Å²) in [5, 5.41) is 0. The van der Waals surface area contributed by atoms with Crippen LogP contribution in [-0.2, 0) is 0 Å². The molecule has 1 aromatic carbocycles. The molecule has 1 nitrogen and oxygen atoms in total. The van der Waals surface area contributed by atoms with Crippen molar-refractivity contribution in [3.63, 3.8) is 0 Å². The summed E-state index contributed by atoms with van der Waals surface area (Å²) in [5.41, 5.74) is 3.23. The number of benzene rings is 1. The van der Waals surface area contributed by atoms with Crippen LogP contribution < -0.4 is 5.73 Å². The van der Waals surface area contributed by atoms with Gasteiger partial charge < -0.3 is 5.73 Å². The molecule has 0 bridgehead atoms. The minimum Gasteiger partial charge on any atom is -0.319 e. The fourth-order valence-corrected chi connectivity index (χ4v) is 1.01. The first-order valence-electron chi connectivity index (χ1n) is 3.73. The highest BCUT2D eigenvalue weighted by Crippen LogP contribution is 2.27. The minimum atomic E-state index is -3.32. The molecule has 0 fully saturated rings. The van der Waals surface area contributed by atoms with Gasteiger partial charge in [0, 0.05) is 6.07 Å². The Morgan fingerprint density at radius 3 is 1.67 bits per heavy atom. The van der Waals surface area contributed by atoms with Crippen molar-refractivity contribution in [2.75, 3.05) is 0 Å². The molecule has 0 aliphatic carbocycles. The van der Waals surface area contributed by atoms with Crippen molar-refractivity contribution in [3.05, 3.63) is 34.9 Å². The third kappa shape index (κ3) is 2.06. The van der Waals surface area contributed by atoms with Crippen molar-refractivity contribution in [2.24, 2.45) is 5.73 Å². The fourth-order valence-electron chi connectivity index (χ4n) is 1.01. The van der Waals surface area contributed by atoms with Crippen LogP contribution in [0.3, 0.4) is 0 Å². The van der Waals surface area contributed by atoms with Crippen molar-refractivity contribution in [3.8, 4) is 0 Å². The van der Waals surface area contributed by atoms with Gasteiger partial charge in [0.15, 0.2) is 23.3 Å². The summed E-state index contributed by atoms with van der Waals surface area (Å²) in [6.07, 6.45) is -3.32. The Hall–Kier alpha value is -1.24. The fraction of sp³-hybridized carbons (Fsp3) is 0.250. The molecule has 15 heavy (non-hydrogen) atoms. The average molecular weight is 229 g/mol. The number of hydrogen-bond donors (Lipinski definition) is 1. The molecule has 2 N–H and O–H groups in total. The predicted molar refractivity (Wildman–Crippen MR) is 39.2 cm³/mol. The van der Waals surface area contributed by atoms with Crippen LogP contribution in [0.4, 0.5) is 26.3 Å². The van der Waals surface area contributed by atoms with Gasteiger partial charge in [-0.15, -0.1) is 0 Å². The summed E-state index contributed by atoms with van der Waals surface area (Å²) in [4.78, 5) is 0. The van der Waals surface area contributed by atoms with Gasteiger partial charge >= 0.3 is 0 Å². The van der Waals surface area contributed by atoms with Gasteiger partial charge in [0.1, 0.15) is 0 Å². The van der Waals surface area contributed by atoms with Crippen molar-refractivity contribution >= 4 is 0 Å². The third-order valence-electron chi connectivity index (χ3n) is 1.75. The Labute approximate surface area is 80.5 Å². The first-order valence-corrected chi connectivity index (χ1v) is 3.73. The maximum atomic E-state index is 12.9. The highest BCUT2D eigenvalue weighted by Gasteiger charge is 2.29. The summed E-state index contributed by atoms with van der Waals surface area (Å²) in [5.74, 6) is -7.33. The lowest BCUT2D eigenvalue weighted by molar-refractivity contribution is 0.112. The molecule has 0 saturated heterocycles. The normalized spacial score (nSPS) is 13.3. The maximum absolute atomic E-state index is 12.9. The van der Waals surface area contributed by atoms with E-state index in [-0.39, 0.29) is 6.07 Å². The lowest BCUT2D eigenvalue weighted by Crippen LogP contribution is -2.23. The second kappa shape index (κ2) is 4.09. The quantitative estimate of drug-likeness (QED) is 0.612. The van der Waals surface area contributed by atoms with E-state index >= 15 is 0 Å². The zero-order chi connectivity index (χ0) is 11.7. The molecule has 7 heteroatoms. The van der Waals surface area contributed by atoms with Crippen LogP contribution in [0.1, 0.15) is 11.6 Å². The second-order valence-corrected chi connectivity index (χ2v) is 2.74. The van der Waals surface area contributed by atoms with E-state index in [1.54, 1.807) is 0 Å². The highest BCUT2D eigenvalue weighted by molar-refractivity contribution is 5.26. The highest BCUT2D eigenvalue weighted by atomic mass is 19.3. The molecule has 1 aromatic rings. The van der Waals surface area contributed by atoms with Crippen LogP contribution in [0, 0.1) is 23.3 Å². The number of halogens is 6. The summed E-state index contributed by atoms with van der Waals surface area (Å²) < 4.78 is 74.9. The molecule has 0 aliphatic heterocycles. The first kappa shape index (κ1) is 11.8. The van der Waals surface area contributed by atoms with E-state index in [4.69, 9.17) is 5.73 Å². The molecule has 1 rings (SSSR count). The van der Waals surface area contributed by atoms with Crippen molar-refractivity contribution in [2.45, 2.75) is 12.5 Å². The number of alkyl halides is 2. The van der Waals surface area contributed by atoms with Crippen molar-refractivity contribution < 1.29 is 26.3 Å². The molecule has 1 atom stereocenters. The summed E-state index contributed by atoms with van der Waals surface area (Å²) in [7, 11) is 0.